The first kappa shape index (κ1) is 13.5. The van der Waals surface area contributed by atoms with Crippen molar-refractivity contribution in [2.45, 2.75) is 26.3 Å². The van der Waals surface area contributed by atoms with E-state index < -0.39 is 0 Å². The normalized spacial score (nSPS) is 18.4. The van der Waals surface area contributed by atoms with E-state index in [0.717, 1.165) is 19.5 Å². The predicted octanol–water partition coefficient (Wildman–Crippen LogP) is 0.214. The van der Waals surface area contributed by atoms with Gasteiger partial charge in [-0.3, -0.25) is 4.79 Å². The second-order valence-electron chi connectivity index (χ2n) is 4.19. The van der Waals surface area contributed by atoms with E-state index in [-0.39, 0.29) is 17.5 Å². The van der Waals surface area contributed by atoms with Crippen LogP contribution in [0.2, 0.25) is 0 Å². The Morgan fingerprint density at radius 2 is 2.24 bits per heavy atom. The monoisotopic (exact) mass is 236 g/mol. The number of amides is 1. The van der Waals surface area contributed by atoms with Gasteiger partial charge >= 0.3 is 0 Å². The zero-order chi connectivity index (χ0) is 12.7. The summed E-state index contributed by atoms with van der Waals surface area (Å²) in [6.07, 6.45) is 2.50. The highest BCUT2D eigenvalue weighted by Gasteiger charge is 2.19. The fourth-order valence-electron chi connectivity index (χ4n) is 1.52. The maximum Gasteiger partial charge on any atom is 0.266 e. The molecule has 1 rings (SSSR count). The quantitative estimate of drug-likeness (QED) is 0.541. The molecule has 1 atom stereocenters. The molecule has 0 aromatic heterocycles. The number of hydrogen-bond acceptors (Lipinski definition) is 4. The van der Waals surface area contributed by atoms with Crippen molar-refractivity contribution in [3.8, 4) is 6.07 Å². The average Bonchev–Trinajstić information content (AvgIpc) is 2.39. The van der Waals surface area contributed by atoms with E-state index in [9.17, 15) is 4.79 Å². The lowest BCUT2D eigenvalue weighted by atomic mass is 10.2. The molecule has 1 aliphatic heterocycles. The molecule has 1 aliphatic rings. The molecule has 17 heavy (non-hydrogen) atoms. The lowest BCUT2D eigenvalue weighted by Crippen LogP contribution is -2.47. The van der Waals surface area contributed by atoms with Crippen LogP contribution in [0.1, 0.15) is 20.3 Å². The molecule has 0 aromatic rings. The molecule has 1 heterocycles. The van der Waals surface area contributed by atoms with Crippen LogP contribution >= 0.6 is 0 Å². The molecule has 2 N–H and O–H groups in total. The fraction of sp³-hybridized carbons (Fsp3) is 0.667. The summed E-state index contributed by atoms with van der Waals surface area (Å²) in [5.74, 6) is -0.176. The van der Waals surface area contributed by atoms with Gasteiger partial charge in [0.1, 0.15) is 11.6 Å². The summed E-state index contributed by atoms with van der Waals surface area (Å²) >= 11 is 0. The van der Waals surface area contributed by atoms with Crippen molar-refractivity contribution in [2.24, 2.45) is 0 Å². The van der Waals surface area contributed by atoms with Gasteiger partial charge in [0, 0.05) is 38.4 Å². The predicted molar refractivity (Wildman–Crippen MR) is 66.0 cm³/mol. The SMILES string of the molecule is CCC(C)N/C=C(/C#N)C(=O)N1CCNCC1. The van der Waals surface area contributed by atoms with Gasteiger partial charge in [-0.1, -0.05) is 6.92 Å². The molecule has 0 spiro atoms. The first-order chi connectivity index (χ1) is 8.19. The molecule has 0 aliphatic carbocycles. The minimum Gasteiger partial charge on any atom is -0.387 e. The highest BCUT2D eigenvalue weighted by Crippen LogP contribution is 2.02. The first-order valence-electron chi connectivity index (χ1n) is 6.05. The lowest BCUT2D eigenvalue weighted by molar-refractivity contribution is -0.127. The zero-order valence-corrected chi connectivity index (χ0v) is 10.5. The lowest BCUT2D eigenvalue weighted by Gasteiger charge is -2.27. The molecule has 0 saturated carbocycles. The van der Waals surface area contributed by atoms with Gasteiger partial charge in [0.25, 0.3) is 5.91 Å². The summed E-state index contributed by atoms with van der Waals surface area (Å²) in [5, 5.41) is 15.2. The molecule has 5 heteroatoms. The Kier molecular flexibility index (Phi) is 5.50. The molecule has 1 fully saturated rings. The molecule has 1 amide bonds. The van der Waals surface area contributed by atoms with Crippen LogP contribution < -0.4 is 10.6 Å². The van der Waals surface area contributed by atoms with E-state index in [1.165, 1.54) is 0 Å². The summed E-state index contributed by atoms with van der Waals surface area (Å²) in [6.45, 7) is 6.99. The molecule has 1 unspecified atom stereocenters. The Bertz CT molecular complexity index is 326. The molecule has 1 saturated heterocycles. The van der Waals surface area contributed by atoms with E-state index in [2.05, 4.69) is 17.6 Å². The largest absolute Gasteiger partial charge is 0.387 e. The van der Waals surface area contributed by atoms with Crippen LogP contribution in [0.15, 0.2) is 11.8 Å². The van der Waals surface area contributed by atoms with Gasteiger partial charge in [0.2, 0.25) is 0 Å². The summed E-state index contributed by atoms with van der Waals surface area (Å²) in [4.78, 5) is 13.7. The Balaban J connectivity index is 2.60. The molecule has 94 valence electrons. The van der Waals surface area contributed by atoms with Gasteiger partial charge in [-0.2, -0.15) is 5.26 Å². The standard InChI is InChI=1S/C12H20N4O/c1-3-10(2)15-9-11(8-13)12(17)16-6-4-14-5-7-16/h9-10,14-15H,3-7H2,1-2H3/b11-9-. The number of nitrogens with zero attached hydrogens (tertiary/aromatic N) is 2. The third kappa shape index (κ3) is 4.08. The molecular formula is C12H20N4O. The van der Waals surface area contributed by atoms with Crippen LogP contribution in [0, 0.1) is 11.3 Å². The highest BCUT2D eigenvalue weighted by molar-refractivity contribution is 5.97. The van der Waals surface area contributed by atoms with Crippen molar-refractivity contribution < 1.29 is 4.79 Å². The van der Waals surface area contributed by atoms with E-state index >= 15 is 0 Å². The summed E-state index contributed by atoms with van der Waals surface area (Å²) in [7, 11) is 0. The van der Waals surface area contributed by atoms with Crippen molar-refractivity contribution in [1.29, 1.82) is 5.26 Å². The third-order valence-electron chi connectivity index (χ3n) is 2.88. The smallest absolute Gasteiger partial charge is 0.266 e. The van der Waals surface area contributed by atoms with Crippen LogP contribution in [-0.2, 0) is 4.79 Å². The van der Waals surface area contributed by atoms with Crippen LogP contribution in [0.25, 0.3) is 0 Å². The van der Waals surface area contributed by atoms with Crippen LogP contribution in [0.3, 0.4) is 0 Å². The minimum atomic E-state index is -0.176. The summed E-state index contributed by atoms with van der Waals surface area (Å²) in [5.41, 5.74) is 0.187. The van der Waals surface area contributed by atoms with Gasteiger partial charge in [0.05, 0.1) is 0 Å². The van der Waals surface area contributed by atoms with Gasteiger partial charge in [0.15, 0.2) is 0 Å². The van der Waals surface area contributed by atoms with Gasteiger partial charge in [-0.05, 0) is 13.3 Å². The Hall–Kier alpha value is -1.54. The van der Waals surface area contributed by atoms with E-state index in [1.54, 1.807) is 11.1 Å². The van der Waals surface area contributed by atoms with Crippen molar-refractivity contribution >= 4 is 5.91 Å². The van der Waals surface area contributed by atoms with Gasteiger partial charge < -0.3 is 15.5 Å². The number of carbonyl (C=O) groups excluding carboxylic acids is 1. The van der Waals surface area contributed by atoms with Crippen LogP contribution in [0.4, 0.5) is 0 Å². The number of hydrogen-bond donors (Lipinski definition) is 2. The van der Waals surface area contributed by atoms with E-state index in [4.69, 9.17) is 5.26 Å². The average molecular weight is 236 g/mol. The van der Waals surface area contributed by atoms with Crippen LogP contribution in [-0.4, -0.2) is 43.0 Å². The molecule has 0 radical (unpaired) electrons. The summed E-state index contributed by atoms with van der Waals surface area (Å²) in [6, 6.07) is 2.24. The van der Waals surface area contributed by atoms with Crippen molar-refractivity contribution in [1.82, 2.24) is 15.5 Å². The Morgan fingerprint density at radius 3 is 2.76 bits per heavy atom. The van der Waals surface area contributed by atoms with Crippen molar-refractivity contribution in [3.05, 3.63) is 11.8 Å². The van der Waals surface area contributed by atoms with Crippen molar-refractivity contribution in [2.75, 3.05) is 26.2 Å². The number of nitrogens with one attached hydrogen (secondary N) is 2. The Morgan fingerprint density at radius 1 is 1.59 bits per heavy atom. The van der Waals surface area contributed by atoms with Crippen molar-refractivity contribution in [3.63, 3.8) is 0 Å². The van der Waals surface area contributed by atoms with Crippen LogP contribution in [0.5, 0.6) is 0 Å². The number of carbonyl (C=O) groups is 1. The zero-order valence-electron chi connectivity index (χ0n) is 10.5. The second-order valence-corrected chi connectivity index (χ2v) is 4.19. The summed E-state index contributed by atoms with van der Waals surface area (Å²) < 4.78 is 0. The molecule has 0 aromatic carbocycles. The number of rotatable bonds is 4. The van der Waals surface area contributed by atoms with Gasteiger partial charge in [-0.25, -0.2) is 0 Å². The highest BCUT2D eigenvalue weighted by atomic mass is 16.2. The van der Waals surface area contributed by atoms with E-state index in [0.29, 0.717) is 13.1 Å². The second kappa shape index (κ2) is 6.92. The first-order valence-corrected chi connectivity index (χ1v) is 6.05. The van der Waals surface area contributed by atoms with Gasteiger partial charge in [-0.15, -0.1) is 0 Å². The third-order valence-corrected chi connectivity index (χ3v) is 2.88. The number of piperazine rings is 1. The molecule has 0 bridgehead atoms. The number of nitriles is 1. The molecular weight excluding hydrogens is 216 g/mol. The minimum absolute atomic E-state index is 0.176. The fourth-order valence-corrected chi connectivity index (χ4v) is 1.52. The topological polar surface area (TPSA) is 68.2 Å². The maximum atomic E-state index is 12.0. The van der Waals surface area contributed by atoms with E-state index in [1.807, 2.05) is 13.0 Å². The Labute approximate surface area is 102 Å². The molecule has 5 nitrogen and oxygen atoms in total. The maximum absolute atomic E-state index is 12.0.